The van der Waals surface area contributed by atoms with E-state index in [1.807, 2.05) is 0 Å². The molecule has 0 atom stereocenters. The van der Waals surface area contributed by atoms with E-state index >= 15 is 0 Å². The Morgan fingerprint density at radius 3 is 2.41 bits per heavy atom. The molecule has 1 aromatic carbocycles. The molecule has 0 aliphatic heterocycles. The largest absolute Gasteiger partial charge is 0.507 e. The monoisotopic (exact) mass is 238 g/mol. The van der Waals surface area contributed by atoms with Crippen molar-refractivity contribution in [1.82, 2.24) is 0 Å². The van der Waals surface area contributed by atoms with Crippen LogP contribution in [0.2, 0.25) is 0 Å². The minimum absolute atomic E-state index is 0.305. The van der Waals surface area contributed by atoms with Crippen LogP contribution in [-0.4, -0.2) is 34.4 Å². The summed E-state index contributed by atoms with van der Waals surface area (Å²) in [6.45, 7) is 0. The predicted octanol–water partition coefficient (Wildman–Crippen LogP) is 1.16. The number of aromatic hydroxyl groups is 1. The molecule has 17 heavy (non-hydrogen) atoms. The fourth-order valence-electron chi connectivity index (χ4n) is 1.17. The van der Waals surface area contributed by atoms with Crippen molar-refractivity contribution in [3.05, 3.63) is 35.1 Å². The summed E-state index contributed by atoms with van der Waals surface area (Å²) in [6, 6.07) is 3.70. The van der Waals surface area contributed by atoms with E-state index in [0.717, 1.165) is 12.1 Å². The molecule has 6 heteroatoms. The molecule has 0 aliphatic rings. The summed E-state index contributed by atoms with van der Waals surface area (Å²) in [7, 11) is 1.19. The number of ether oxygens (including phenoxy) is 1. The third-order valence-corrected chi connectivity index (χ3v) is 1.98. The number of phenols is 1. The van der Waals surface area contributed by atoms with Crippen LogP contribution in [0, 0.1) is 0 Å². The summed E-state index contributed by atoms with van der Waals surface area (Å²) in [4.78, 5) is 21.4. The maximum atomic E-state index is 10.7. The second kappa shape index (κ2) is 5.02. The third kappa shape index (κ3) is 2.97. The van der Waals surface area contributed by atoms with Crippen molar-refractivity contribution >= 4 is 18.0 Å². The third-order valence-electron chi connectivity index (χ3n) is 1.98. The summed E-state index contributed by atoms with van der Waals surface area (Å²) in [5.74, 6) is -3.28. The first-order valence-corrected chi connectivity index (χ1v) is 4.51. The number of rotatable bonds is 4. The van der Waals surface area contributed by atoms with Crippen LogP contribution in [0.5, 0.6) is 5.75 Å². The Morgan fingerprint density at radius 2 is 1.94 bits per heavy atom. The molecule has 0 saturated heterocycles. The van der Waals surface area contributed by atoms with Gasteiger partial charge in [0, 0.05) is 0 Å². The number of aromatic carboxylic acids is 1. The van der Waals surface area contributed by atoms with Crippen molar-refractivity contribution in [2.24, 2.45) is 0 Å². The van der Waals surface area contributed by atoms with Crippen molar-refractivity contribution in [3.63, 3.8) is 0 Å². The highest BCUT2D eigenvalue weighted by atomic mass is 16.5. The standard InChI is InChI=1S/C11H10O6/c1-17-9(11(15)16)5-6-2-3-8(12)7(4-6)10(13)14/h2-5,12H,1H3,(H,13,14)(H,15,16)/b9-5+. The smallest absolute Gasteiger partial charge is 0.371 e. The zero-order valence-electron chi connectivity index (χ0n) is 8.88. The Balaban J connectivity index is 3.20. The van der Waals surface area contributed by atoms with Crippen LogP contribution in [-0.2, 0) is 9.53 Å². The molecule has 0 bridgehead atoms. The number of carbonyl (C=O) groups is 2. The molecule has 6 nitrogen and oxygen atoms in total. The first kappa shape index (κ1) is 12.6. The quantitative estimate of drug-likeness (QED) is 0.537. The maximum Gasteiger partial charge on any atom is 0.371 e. The van der Waals surface area contributed by atoms with Crippen molar-refractivity contribution in [3.8, 4) is 5.75 Å². The Labute approximate surface area is 96.4 Å². The molecule has 1 aromatic rings. The van der Waals surface area contributed by atoms with Crippen molar-refractivity contribution in [2.75, 3.05) is 7.11 Å². The van der Waals surface area contributed by atoms with Gasteiger partial charge in [-0.15, -0.1) is 0 Å². The number of carboxylic acids is 2. The number of benzene rings is 1. The second-order valence-electron chi connectivity index (χ2n) is 3.10. The van der Waals surface area contributed by atoms with Crippen LogP contribution in [0.4, 0.5) is 0 Å². The molecule has 0 amide bonds. The molecule has 0 radical (unpaired) electrons. The van der Waals surface area contributed by atoms with Gasteiger partial charge in [-0.2, -0.15) is 0 Å². The average Bonchev–Trinajstić information content (AvgIpc) is 2.27. The number of hydrogen-bond donors (Lipinski definition) is 3. The molecule has 0 unspecified atom stereocenters. The SMILES string of the molecule is CO/C(=C/c1ccc(O)c(C(=O)O)c1)C(=O)O. The van der Waals surface area contributed by atoms with Crippen molar-refractivity contribution in [2.45, 2.75) is 0 Å². The topological polar surface area (TPSA) is 104 Å². The van der Waals surface area contributed by atoms with Gasteiger partial charge < -0.3 is 20.1 Å². The molecule has 0 saturated carbocycles. The molecule has 0 aliphatic carbocycles. The van der Waals surface area contributed by atoms with E-state index in [4.69, 9.17) is 10.2 Å². The minimum Gasteiger partial charge on any atom is -0.507 e. The van der Waals surface area contributed by atoms with Crippen LogP contribution in [0.1, 0.15) is 15.9 Å². The molecule has 0 heterocycles. The van der Waals surface area contributed by atoms with E-state index in [0.29, 0.717) is 5.56 Å². The van der Waals surface area contributed by atoms with Crippen LogP contribution >= 0.6 is 0 Å². The second-order valence-corrected chi connectivity index (χ2v) is 3.10. The molecule has 3 N–H and O–H groups in total. The fourth-order valence-corrected chi connectivity index (χ4v) is 1.17. The van der Waals surface area contributed by atoms with Crippen molar-refractivity contribution < 1.29 is 29.6 Å². The zero-order valence-corrected chi connectivity index (χ0v) is 8.88. The summed E-state index contributed by atoms with van der Waals surface area (Å²) in [5, 5.41) is 26.7. The Bertz CT molecular complexity index is 489. The van der Waals surface area contributed by atoms with Gasteiger partial charge in [0.2, 0.25) is 5.76 Å². The summed E-state index contributed by atoms with van der Waals surface area (Å²) < 4.78 is 4.60. The summed E-state index contributed by atoms with van der Waals surface area (Å²) in [5.41, 5.74) is -0.000887. The number of aliphatic carboxylic acids is 1. The van der Waals surface area contributed by atoms with Crippen LogP contribution in [0.3, 0.4) is 0 Å². The molecule has 1 rings (SSSR count). The highest BCUT2D eigenvalue weighted by Gasteiger charge is 2.11. The predicted molar refractivity (Wildman–Crippen MR) is 57.7 cm³/mol. The van der Waals surface area contributed by atoms with Gasteiger partial charge in [0.1, 0.15) is 11.3 Å². The lowest BCUT2D eigenvalue weighted by Crippen LogP contribution is -2.02. The molecular weight excluding hydrogens is 228 g/mol. The van der Waals surface area contributed by atoms with Crippen molar-refractivity contribution in [1.29, 1.82) is 0 Å². The lowest BCUT2D eigenvalue weighted by Gasteiger charge is -2.03. The Kier molecular flexibility index (Phi) is 3.71. The molecule has 0 aromatic heterocycles. The summed E-state index contributed by atoms with van der Waals surface area (Å²) in [6.07, 6.45) is 1.16. The number of methoxy groups -OCH3 is 1. The first-order chi connectivity index (χ1) is 7.95. The molecule has 90 valence electrons. The van der Waals surface area contributed by atoms with Gasteiger partial charge in [0.25, 0.3) is 0 Å². The zero-order chi connectivity index (χ0) is 13.0. The van der Waals surface area contributed by atoms with Gasteiger partial charge in [-0.05, 0) is 23.8 Å². The summed E-state index contributed by atoms with van der Waals surface area (Å²) >= 11 is 0. The van der Waals surface area contributed by atoms with Crippen LogP contribution in [0.15, 0.2) is 24.0 Å². The fraction of sp³-hybridized carbons (Fsp3) is 0.0909. The van der Waals surface area contributed by atoms with E-state index in [1.165, 1.54) is 19.2 Å². The lowest BCUT2D eigenvalue weighted by atomic mass is 10.1. The molecular formula is C11H10O6. The molecule has 0 spiro atoms. The highest BCUT2D eigenvalue weighted by molar-refractivity contribution is 5.93. The maximum absolute atomic E-state index is 10.7. The minimum atomic E-state index is -1.30. The van der Waals surface area contributed by atoms with Gasteiger partial charge in [0.05, 0.1) is 7.11 Å². The van der Waals surface area contributed by atoms with Gasteiger partial charge >= 0.3 is 11.9 Å². The van der Waals surface area contributed by atoms with E-state index in [9.17, 15) is 14.7 Å². The van der Waals surface area contributed by atoms with Gasteiger partial charge in [-0.25, -0.2) is 9.59 Å². The average molecular weight is 238 g/mol. The lowest BCUT2D eigenvalue weighted by molar-refractivity contribution is -0.135. The van der Waals surface area contributed by atoms with Gasteiger partial charge in [-0.3, -0.25) is 0 Å². The van der Waals surface area contributed by atoms with E-state index in [1.54, 1.807) is 0 Å². The van der Waals surface area contributed by atoms with E-state index in [-0.39, 0.29) is 17.1 Å². The van der Waals surface area contributed by atoms with Crippen LogP contribution in [0.25, 0.3) is 6.08 Å². The first-order valence-electron chi connectivity index (χ1n) is 4.51. The van der Waals surface area contributed by atoms with E-state index < -0.39 is 11.9 Å². The van der Waals surface area contributed by atoms with Gasteiger partial charge in [-0.1, -0.05) is 6.07 Å². The Hall–Kier alpha value is -2.50. The number of hydrogen-bond acceptors (Lipinski definition) is 4. The molecule has 0 fully saturated rings. The highest BCUT2D eigenvalue weighted by Crippen LogP contribution is 2.20. The van der Waals surface area contributed by atoms with Gasteiger partial charge in [0.15, 0.2) is 0 Å². The van der Waals surface area contributed by atoms with Crippen LogP contribution < -0.4 is 0 Å². The normalized spacial score (nSPS) is 11.0. The Morgan fingerprint density at radius 1 is 1.29 bits per heavy atom. The van der Waals surface area contributed by atoms with E-state index in [2.05, 4.69) is 4.74 Å². The number of carboxylic acid groups (broad SMARTS) is 2.